The Morgan fingerprint density at radius 1 is 1.35 bits per heavy atom. The molecule has 5 heteroatoms. The van der Waals surface area contributed by atoms with E-state index < -0.39 is 11.4 Å². The van der Waals surface area contributed by atoms with E-state index in [0.29, 0.717) is 12.4 Å². The normalized spacial score (nSPS) is 10.7. The van der Waals surface area contributed by atoms with Crippen molar-refractivity contribution in [3.8, 4) is 5.75 Å². The Labute approximate surface area is 115 Å². The van der Waals surface area contributed by atoms with Crippen LogP contribution in [0.15, 0.2) is 33.5 Å². The summed E-state index contributed by atoms with van der Waals surface area (Å²) in [6.07, 6.45) is 3.05. The third-order valence-electron chi connectivity index (χ3n) is 2.93. The van der Waals surface area contributed by atoms with Gasteiger partial charge in [0, 0.05) is 6.07 Å². The minimum absolute atomic E-state index is 0.225. The van der Waals surface area contributed by atoms with Crippen LogP contribution in [0.1, 0.15) is 36.7 Å². The molecule has 0 atom stereocenters. The van der Waals surface area contributed by atoms with Gasteiger partial charge in [0.15, 0.2) is 5.43 Å². The summed E-state index contributed by atoms with van der Waals surface area (Å²) in [6, 6.07) is 5.89. The minimum atomic E-state index is -1.27. The highest BCUT2D eigenvalue weighted by molar-refractivity contribution is 5.89. The summed E-state index contributed by atoms with van der Waals surface area (Å²) in [5.74, 6) is -1.20. The number of hydrogen-bond acceptors (Lipinski definition) is 4. The van der Waals surface area contributed by atoms with Crippen LogP contribution in [0.4, 0.5) is 0 Å². The molecule has 1 aromatic carbocycles. The molecule has 0 saturated heterocycles. The largest absolute Gasteiger partial charge is 0.493 e. The molecule has 0 aliphatic heterocycles. The molecule has 0 unspecified atom stereocenters. The van der Waals surface area contributed by atoms with Crippen molar-refractivity contribution in [3.05, 3.63) is 40.2 Å². The van der Waals surface area contributed by atoms with Crippen molar-refractivity contribution >= 4 is 16.9 Å². The number of benzene rings is 1. The van der Waals surface area contributed by atoms with Gasteiger partial charge in [0.2, 0.25) is 5.76 Å². The highest BCUT2D eigenvalue weighted by Gasteiger charge is 2.13. The van der Waals surface area contributed by atoms with Gasteiger partial charge in [-0.1, -0.05) is 25.8 Å². The van der Waals surface area contributed by atoms with Gasteiger partial charge in [-0.25, -0.2) is 4.79 Å². The SMILES string of the molecule is CCCCCOc1cccc2oc(C(=O)O)cc(=O)c12. The molecule has 2 aromatic rings. The number of carbonyl (C=O) groups is 1. The molecule has 1 heterocycles. The Bertz CT molecular complexity index is 672. The molecule has 1 N–H and O–H groups in total. The van der Waals surface area contributed by atoms with Crippen LogP contribution in [0.25, 0.3) is 11.0 Å². The zero-order valence-corrected chi connectivity index (χ0v) is 11.2. The lowest BCUT2D eigenvalue weighted by Gasteiger charge is -2.08. The number of ether oxygens (including phenoxy) is 1. The molecular weight excluding hydrogens is 260 g/mol. The Hall–Kier alpha value is -2.30. The Morgan fingerprint density at radius 2 is 2.15 bits per heavy atom. The van der Waals surface area contributed by atoms with Crippen LogP contribution in [0, 0.1) is 0 Å². The lowest BCUT2D eigenvalue weighted by atomic mass is 10.2. The van der Waals surface area contributed by atoms with Crippen molar-refractivity contribution in [1.82, 2.24) is 0 Å². The predicted octanol–water partition coefficient (Wildman–Crippen LogP) is 3.06. The summed E-state index contributed by atoms with van der Waals surface area (Å²) in [6.45, 7) is 2.62. The van der Waals surface area contributed by atoms with Crippen LogP contribution in [0.5, 0.6) is 5.75 Å². The first-order valence-corrected chi connectivity index (χ1v) is 6.56. The zero-order chi connectivity index (χ0) is 14.5. The fourth-order valence-corrected chi connectivity index (χ4v) is 1.94. The topological polar surface area (TPSA) is 76.7 Å². The van der Waals surface area contributed by atoms with E-state index in [4.69, 9.17) is 14.3 Å². The molecule has 0 aliphatic rings. The van der Waals surface area contributed by atoms with E-state index in [1.807, 2.05) is 0 Å². The molecule has 0 aliphatic carbocycles. The van der Waals surface area contributed by atoms with E-state index >= 15 is 0 Å². The number of carboxylic acid groups (broad SMARTS) is 1. The fourth-order valence-electron chi connectivity index (χ4n) is 1.94. The second kappa shape index (κ2) is 6.23. The number of fused-ring (bicyclic) bond motifs is 1. The van der Waals surface area contributed by atoms with Gasteiger partial charge >= 0.3 is 5.97 Å². The van der Waals surface area contributed by atoms with Crippen LogP contribution >= 0.6 is 0 Å². The van der Waals surface area contributed by atoms with Crippen molar-refractivity contribution in [1.29, 1.82) is 0 Å². The average Bonchev–Trinajstić information content (AvgIpc) is 2.43. The van der Waals surface area contributed by atoms with Crippen LogP contribution < -0.4 is 10.2 Å². The molecule has 5 nitrogen and oxygen atoms in total. The maximum atomic E-state index is 12.0. The van der Waals surface area contributed by atoms with Gasteiger partial charge < -0.3 is 14.3 Å². The molecule has 1 aromatic heterocycles. The summed E-state index contributed by atoms with van der Waals surface area (Å²) in [7, 11) is 0. The maximum Gasteiger partial charge on any atom is 0.371 e. The van der Waals surface area contributed by atoms with E-state index in [2.05, 4.69) is 6.92 Å². The molecule has 0 fully saturated rings. The third-order valence-corrected chi connectivity index (χ3v) is 2.93. The Morgan fingerprint density at radius 3 is 2.85 bits per heavy atom. The molecule has 0 bridgehead atoms. The van der Waals surface area contributed by atoms with Gasteiger partial charge in [-0.3, -0.25) is 4.79 Å². The van der Waals surface area contributed by atoms with Crippen molar-refractivity contribution in [2.75, 3.05) is 6.61 Å². The number of unbranched alkanes of at least 4 members (excludes halogenated alkanes) is 2. The molecular formula is C15H16O5. The molecule has 0 amide bonds. The van der Waals surface area contributed by atoms with Gasteiger partial charge in [0.25, 0.3) is 0 Å². The zero-order valence-electron chi connectivity index (χ0n) is 11.2. The summed E-state index contributed by atoms with van der Waals surface area (Å²) < 4.78 is 10.8. The molecule has 0 saturated carbocycles. The van der Waals surface area contributed by atoms with Crippen molar-refractivity contribution in [3.63, 3.8) is 0 Å². The number of rotatable bonds is 6. The van der Waals surface area contributed by atoms with Crippen LogP contribution in [0.3, 0.4) is 0 Å². The molecule has 0 spiro atoms. The van der Waals surface area contributed by atoms with Gasteiger partial charge in [-0.15, -0.1) is 0 Å². The standard InChI is InChI=1S/C15H16O5/c1-2-3-4-8-19-11-6-5-7-12-14(11)10(16)9-13(20-12)15(17)18/h5-7,9H,2-4,8H2,1H3,(H,17,18). The van der Waals surface area contributed by atoms with Crippen molar-refractivity contribution in [2.24, 2.45) is 0 Å². The predicted molar refractivity (Wildman–Crippen MR) is 74.5 cm³/mol. The fraction of sp³-hybridized carbons (Fsp3) is 0.333. The highest BCUT2D eigenvalue weighted by atomic mass is 16.5. The summed E-state index contributed by atoms with van der Waals surface area (Å²) in [5, 5.41) is 9.16. The van der Waals surface area contributed by atoms with Gasteiger partial charge in [0.05, 0.1) is 6.61 Å². The van der Waals surface area contributed by atoms with E-state index in [9.17, 15) is 9.59 Å². The second-order valence-electron chi connectivity index (χ2n) is 4.46. The van der Waals surface area contributed by atoms with Gasteiger partial charge in [0.1, 0.15) is 16.7 Å². The van der Waals surface area contributed by atoms with Crippen molar-refractivity contribution < 1.29 is 19.1 Å². The molecule has 106 valence electrons. The molecule has 0 radical (unpaired) electrons. The summed E-state index contributed by atoms with van der Waals surface area (Å²) >= 11 is 0. The van der Waals surface area contributed by atoms with Crippen LogP contribution in [-0.4, -0.2) is 17.7 Å². The van der Waals surface area contributed by atoms with E-state index in [1.54, 1.807) is 18.2 Å². The van der Waals surface area contributed by atoms with Crippen LogP contribution in [0.2, 0.25) is 0 Å². The smallest absolute Gasteiger partial charge is 0.371 e. The first-order chi connectivity index (χ1) is 9.63. The van der Waals surface area contributed by atoms with Gasteiger partial charge in [-0.2, -0.15) is 0 Å². The highest BCUT2D eigenvalue weighted by Crippen LogP contribution is 2.23. The second-order valence-corrected chi connectivity index (χ2v) is 4.46. The lowest BCUT2D eigenvalue weighted by molar-refractivity contribution is 0.0663. The van der Waals surface area contributed by atoms with E-state index in [1.165, 1.54) is 0 Å². The molecule has 20 heavy (non-hydrogen) atoms. The van der Waals surface area contributed by atoms with Crippen molar-refractivity contribution in [2.45, 2.75) is 26.2 Å². The maximum absolute atomic E-state index is 12.0. The minimum Gasteiger partial charge on any atom is -0.493 e. The lowest BCUT2D eigenvalue weighted by Crippen LogP contribution is -2.08. The quantitative estimate of drug-likeness (QED) is 0.820. The number of carboxylic acids is 1. The first-order valence-electron chi connectivity index (χ1n) is 6.56. The van der Waals surface area contributed by atoms with Gasteiger partial charge in [-0.05, 0) is 18.6 Å². The number of aromatic carboxylic acids is 1. The molecule has 2 rings (SSSR count). The third kappa shape index (κ3) is 2.99. The average molecular weight is 276 g/mol. The van der Waals surface area contributed by atoms with E-state index in [0.717, 1.165) is 25.3 Å². The Balaban J connectivity index is 2.37. The summed E-state index contributed by atoms with van der Waals surface area (Å²) in [4.78, 5) is 22.9. The number of hydrogen-bond donors (Lipinski definition) is 1. The monoisotopic (exact) mass is 276 g/mol. The summed E-state index contributed by atoms with van der Waals surface area (Å²) in [5.41, 5.74) is -0.183. The Kier molecular flexibility index (Phi) is 4.40. The van der Waals surface area contributed by atoms with Crippen LogP contribution in [-0.2, 0) is 0 Å². The first kappa shape index (κ1) is 14.1. The van der Waals surface area contributed by atoms with E-state index in [-0.39, 0.29) is 16.7 Å².